The van der Waals surface area contributed by atoms with Gasteiger partial charge in [-0.3, -0.25) is 4.79 Å². The number of Topliss-reactive ketones (excluding diaryl/α,β-unsaturated/α-hetero) is 1. The molecule has 96 valence electrons. The second-order valence-corrected chi connectivity index (χ2v) is 4.78. The minimum atomic E-state index is 0.106. The molecule has 3 nitrogen and oxygen atoms in total. The van der Waals surface area contributed by atoms with Crippen LogP contribution in [0.25, 0.3) is 0 Å². The van der Waals surface area contributed by atoms with E-state index in [2.05, 4.69) is 11.1 Å². The van der Waals surface area contributed by atoms with Crippen LogP contribution in [0.4, 0.5) is 0 Å². The third-order valence-corrected chi connectivity index (χ3v) is 3.03. The van der Waals surface area contributed by atoms with Crippen molar-refractivity contribution in [2.24, 2.45) is 0 Å². The Labute approximate surface area is 108 Å². The van der Waals surface area contributed by atoms with E-state index < -0.39 is 0 Å². The highest BCUT2D eigenvalue weighted by Crippen LogP contribution is 2.16. The molecule has 18 heavy (non-hydrogen) atoms. The van der Waals surface area contributed by atoms with E-state index in [4.69, 9.17) is 4.74 Å². The van der Waals surface area contributed by atoms with Gasteiger partial charge in [-0.1, -0.05) is 11.6 Å². The average Bonchev–Trinajstić information content (AvgIpc) is 2.56. The summed E-state index contributed by atoms with van der Waals surface area (Å²) in [5.41, 5.74) is 3.75. The molecule has 0 spiro atoms. The number of ketones is 1. The molecule has 0 unspecified atom stereocenters. The number of pyridine rings is 1. The number of hydrogen-bond donors (Lipinski definition) is 0. The normalized spacial score (nSPS) is 16.0. The van der Waals surface area contributed by atoms with Crippen molar-refractivity contribution in [2.45, 2.75) is 33.1 Å². The summed E-state index contributed by atoms with van der Waals surface area (Å²) in [4.78, 5) is 16.5. The molecule has 0 saturated carbocycles. The van der Waals surface area contributed by atoms with Crippen molar-refractivity contribution >= 4 is 5.78 Å². The van der Waals surface area contributed by atoms with Crippen LogP contribution in [-0.4, -0.2) is 24.0 Å². The van der Waals surface area contributed by atoms with Gasteiger partial charge < -0.3 is 4.74 Å². The maximum atomic E-state index is 12.2. The van der Waals surface area contributed by atoms with E-state index in [1.807, 2.05) is 26.0 Å². The number of aryl methyl sites for hydroxylation is 2. The van der Waals surface area contributed by atoms with E-state index in [1.165, 1.54) is 5.57 Å². The summed E-state index contributed by atoms with van der Waals surface area (Å²) in [7, 11) is 0. The summed E-state index contributed by atoms with van der Waals surface area (Å²) in [5, 5.41) is 0. The molecule has 1 aliphatic rings. The van der Waals surface area contributed by atoms with Gasteiger partial charge >= 0.3 is 0 Å². The Morgan fingerprint density at radius 3 is 2.94 bits per heavy atom. The van der Waals surface area contributed by atoms with Crippen molar-refractivity contribution in [3.8, 4) is 0 Å². The summed E-state index contributed by atoms with van der Waals surface area (Å²) in [6.45, 7) is 5.39. The molecule has 0 N–H and O–H groups in total. The molecule has 0 atom stereocenters. The van der Waals surface area contributed by atoms with Crippen LogP contribution in [0.15, 0.2) is 23.8 Å². The maximum Gasteiger partial charge on any atom is 0.185 e. The van der Waals surface area contributed by atoms with Crippen LogP contribution in [0.3, 0.4) is 0 Å². The van der Waals surface area contributed by atoms with E-state index in [-0.39, 0.29) is 5.78 Å². The Morgan fingerprint density at radius 1 is 1.33 bits per heavy atom. The molecule has 0 fully saturated rings. The molecule has 0 amide bonds. The van der Waals surface area contributed by atoms with Gasteiger partial charge in [-0.15, -0.1) is 0 Å². The standard InChI is InChI=1S/C15H19NO2/c1-11-8-12(2)16-14(9-11)15(17)10-13-4-3-6-18-7-5-13/h4,8-9H,3,5-7,10H2,1-2H3. The van der Waals surface area contributed by atoms with Gasteiger partial charge in [0.1, 0.15) is 5.69 Å². The number of ether oxygens (including phenoxy) is 1. The SMILES string of the molecule is Cc1cc(C)nc(C(=O)CC2=CCCOCC2)c1. The molecular formula is C15H19NO2. The smallest absolute Gasteiger partial charge is 0.185 e. The fourth-order valence-electron chi connectivity index (χ4n) is 2.20. The van der Waals surface area contributed by atoms with Gasteiger partial charge in [0.2, 0.25) is 0 Å². The number of carbonyl (C=O) groups excluding carboxylic acids is 1. The van der Waals surface area contributed by atoms with Gasteiger partial charge in [0.25, 0.3) is 0 Å². The predicted molar refractivity (Wildman–Crippen MR) is 70.8 cm³/mol. The van der Waals surface area contributed by atoms with Crippen molar-refractivity contribution in [1.29, 1.82) is 0 Å². The summed E-state index contributed by atoms with van der Waals surface area (Å²) in [6.07, 6.45) is 4.37. The van der Waals surface area contributed by atoms with Gasteiger partial charge in [-0.2, -0.15) is 0 Å². The average molecular weight is 245 g/mol. The second-order valence-electron chi connectivity index (χ2n) is 4.78. The Kier molecular flexibility index (Phi) is 4.26. The molecule has 0 aromatic carbocycles. The first-order valence-electron chi connectivity index (χ1n) is 6.39. The molecule has 3 heteroatoms. The molecule has 0 saturated heterocycles. The van der Waals surface area contributed by atoms with Crippen LogP contribution in [-0.2, 0) is 4.74 Å². The third-order valence-electron chi connectivity index (χ3n) is 3.03. The first-order chi connectivity index (χ1) is 8.65. The van der Waals surface area contributed by atoms with Crippen LogP contribution in [0, 0.1) is 13.8 Å². The molecule has 2 heterocycles. The van der Waals surface area contributed by atoms with Crippen molar-refractivity contribution in [1.82, 2.24) is 4.98 Å². The topological polar surface area (TPSA) is 39.2 Å². The quantitative estimate of drug-likeness (QED) is 0.607. The minimum Gasteiger partial charge on any atom is -0.381 e. The number of aromatic nitrogens is 1. The summed E-state index contributed by atoms with van der Waals surface area (Å²) in [6, 6.07) is 3.85. The van der Waals surface area contributed by atoms with Gasteiger partial charge in [-0.05, 0) is 44.4 Å². The predicted octanol–water partition coefficient (Wildman–Crippen LogP) is 3.01. The van der Waals surface area contributed by atoms with Crippen LogP contribution in [0.2, 0.25) is 0 Å². The van der Waals surface area contributed by atoms with E-state index in [9.17, 15) is 4.79 Å². The molecule has 2 rings (SSSR count). The first kappa shape index (κ1) is 13.0. The van der Waals surface area contributed by atoms with Gasteiger partial charge in [0, 0.05) is 12.1 Å². The number of hydrogen-bond acceptors (Lipinski definition) is 3. The van der Waals surface area contributed by atoms with Crippen molar-refractivity contribution in [3.05, 3.63) is 40.7 Å². The Balaban J connectivity index is 2.09. The maximum absolute atomic E-state index is 12.2. The molecule has 0 aliphatic carbocycles. The fraction of sp³-hybridized carbons (Fsp3) is 0.467. The first-order valence-corrected chi connectivity index (χ1v) is 6.39. The Bertz CT molecular complexity index is 457. The van der Waals surface area contributed by atoms with Crippen molar-refractivity contribution < 1.29 is 9.53 Å². The minimum absolute atomic E-state index is 0.106. The van der Waals surface area contributed by atoms with Crippen LogP contribution in [0.5, 0.6) is 0 Å². The zero-order valence-electron chi connectivity index (χ0n) is 11.0. The number of nitrogens with zero attached hydrogens (tertiary/aromatic N) is 1. The number of carbonyl (C=O) groups is 1. The molecule has 0 bridgehead atoms. The van der Waals surface area contributed by atoms with E-state index >= 15 is 0 Å². The number of rotatable bonds is 3. The van der Waals surface area contributed by atoms with Gasteiger partial charge in [-0.25, -0.2) is 4.98 Å². The van der Waals surface area contributed by atoms with Crippen LogP contribution in [0.1, 0.15) is 41.0 Å². The van der Waals surface area contributed by atoms with Gasteiger partial charge in [0.15, 0.2) is 5.78 Å². The fourth-order valence-corrected chi connectivity index (χ4v) is 2.20. The lowest BCUT2D eigenvalue weighted by Crippen LogP contribution is -2.06. The lowest BCUT2D eigenvalue weighted by atomic mass is 10.0. The Morgan fingerprint density at radius 2 is 2.17 bits per heavy atom. The monoisotopic (exact) mass is 245 g/mol. The highest BCUT2D eigenvalue weighted by Gasteiger charge is 2.12. The van der Waals surface area contributed by atoms with Crippen molar-refractivity contribution in [2.75, 3.05) is 13.2 Å². The molecule has 1 aliphatic heterocycles. The third kappa shape index (κ3) is 3.50. The van der Waals surface area contributed by atoms with E-state index in [1.54, 1.807) is 0 Å². The molecule has 1 aromatic heterocycles. The summed E-state index contributed by atoms with van der Waals surface area (Å²) >= 11 is 0. The van der Waals surface area contributed by atoms with Crippen LogP contribution >= 0.6 is 0 Å². The highest BCUT2D eigenvalue weighted by molar-refractivity contribution is 5.96. The second kappa shape index (κ2) is 5.91. The van der Waals surface area contributed by atoms with E-state index in [0.29, 0.717) is 12.1 Å². The molecule has 0 radical (unpaired) electrons. The Hall–Kier alpha value is -1.48. The summed E-state index contributed by atoms with van der Waals surface area (Å²) in [5.74, 6) is 0.106. The van der Waals surface area contributed by atoms with Crippen LogP contribution < -0.4 is 0 Å². The lowest BCUT2D eigenvalue weighted by Gasteiger charge is -2.06. The summed E-state index contributed by atoms with van der Waals surface area (Å²) < 4.78 is 5.37. The highest BCUT2D eigenvalue weighted by atomic mass is 16.5. The van der Waals surface area contributed by atoms with Gasteiger partial charge in [0.05, 0.1) is 13.2 Å². The zero-order valence-corrected chi connectivity index (χ0v) is 11.0. The largest absolute Gasteiger partial charge is 0.381 e. The van der Waals surface area contributed by atoms with Crippen molar-refractivity contribution in [3.63, 3.8) is 0 Å². The van der Waals surface area contributed by atoms with E-state index in [0.717, 1.165) is 37.3 Å². The lowest BCUT2D eigenvalue weighted by molar-refractivity contribution is 0.0985. The zero-order chi connectivity index (χ0) is 13.0. The molecule has 1 aromatic rings. The molecular weight excluding hydrogens is 226 g/mol.